The van der Waals surface area contributed by atoms with Gasteiger partial charge in [-0.1, -0.05) is 23.2 Å². The number of carbonyl (C=O) groups is 2. The van der Waals surface area contributed by atoms with E-state index in [9.17, 15) is 26.4 Å². The van der Waals surface area contributed by atoms with Crippen LogP contribution in [0, 0.1) is 0 Å². The number of aromatic nitrogens is 1. The lowest BCUT2D eigenvalue weighted by atomic mass is 10.2. The number of halogens is 2. The van der Waals surface area contributed by atoms with E-state index in [-0.39, 0.29) is 20.9 Å². The summed E-state index contributed by atoms with van der Waals surface area (Å²) < 4.78 is 53.1. The number of benzene rings is 2. The van der Waals surface area contributed by atoms with Crippen molar-refractivity contribution in [2.75, 3.05) is 0 Å². The first-order valence-corrected chi connectivity index (χ1v) is 12.3. The van der Waals surface area contributed by atoms with Gasteiger partial charge in [0.2, 0.25) is 0 Å². The molecule has 0 radical (unpaired) electrons. The minimum absolute atomic E-state index is 0.203. The highest BCUT2D eigenvalue weighted by molar-refractivity contribution is 7.90. The van der Waals surface area contributed by atoms with Gasteiger partial charge in [0.1, 0.15) is 0 Å². The van der Waals surface area contributed by atoms with Crippen LogP contribution >= 0.6 is 23.2 Å². The summed E-state index contributed by atoms with van der Waals surface area (Å²) in [6.07, 6.45) is 2.05. The first-order valence-electron chi connectivity index (χ1n) is 8.58. The zero-order valence-corrected chi connectivity index (χ0v) is 19.0. The Bertz CT molecular complexity index is 1290. The number of nitrogens with one attached hydrogen (secondary N) is 2. The number of carbonyl (C=O) groups excluding carboxylic acids is 2. The lowest BCUT2D eigenvalue weighted by molar-refractivity contribution is 0.0979. The normalized spacial score (nSPS) is 11.6. The van der Waals surface area contributed by atoms with Gasteiger partial charge in [-0.2, -0.15) is 0 Å². The number of nitrogens with zero attached hydrogens (tertiary/aromatic N) is 1. The maximum absolute atomic E-state index is 12.4. The lowest BCUT2D eigenvalue weighted by Gasteiger charge is -2.09. The zero-order valence-electron chi connectivity index (χ0n) is 15.8. The highest BCUT2D eigenvalue weighted by Gasteiger charge is 2.22. The van der Waals surface area contributed by atoms with Crippen LogP contribution in [-0.2, 0) is 20.0 Å². The van der Waals surface area contributed by atoms with E-state index in [1.54, 1.807) is 0 Å². The van der Waals surface area contributed by atoms with Crippen LogP contribution in [-0.4, -0.2) is 33.6 Å². The minimum atomic E-state index is -4.22. The second kappa shape index (κ2) is 9.25. The van der Waals surface area contributed by atoms with Crippen molar-refractivity contribution >= 4 is 55.1 Å². The first kappa shape index (κ1) is 23.7. The Morgan fingerprint density at radius 3 is 1.34 bits per heavy atom. The van der Waals surface area contributed by atoms with E-state index in [0.29, 0.717) is 10.0 Å². The average molecular weight is 514 g/mol. The van der Waals surface area contributed by atoms with Crippen LogP contribution in [0.15, 0.2) is 76.8 Å². The molecule has 0 unspecified atom stereocenters. The fourth-order valence-electron chi connectivity index (χ4n) is 2.40. The molecular weight excluding hydrogens is 501 g/mol. The fourth-order valence-corrected chi connectivity index (χ4v) is 4.60. The Morgan fingerprint density at radius 1 is 0.656 bits per heavy atom. The third-order valence-electron chi connectivity index (χ3n) is 3.96. The van der Waals surface area contributed by atoms with Gasteiger partial charge in [0.15, 0.2) is 0 Å². The van der Waals surface area contributed by atoms with Crippen molar-refractivity contribution in [2.24, 2.45) is 0 Å². The second-order valence-corrected chi connectivity index (χ2v) is 10.5. The fraction of sp³-hybridized carbons (Fsp3) is 0. The van der Waals surface area contributed by atoms with E-state index in [2.05, 4.69) is 4.98 Å². The molecule has 0 aliphatic rings. The SMILES string of the molecule is O=C(NS(=O)(=O)c1ccc(Cl)cc1)c1cncc(C(=O)NS(=O)(=O)c2ccc(Cl)cc2)c1. The van der Waals surface area contributed by atoms with Crippen molar-refractivity contribution in [3.63, 3.8) is 0 Å². The number of hydrogen-bond donors (Lipinski definition) is 2. The van der Waals surface area contributed by atoms with E-state index >= 15 is 0 Å². The van der Waals surface area contributed by atoms with Crippen LogP contribution in [0.5, 0.6) is 0 Å². The third-order valence-corrected chi connectivity index (χ3v) is 7.16. The third kappa shape index (κ3) is 5.62. The monoisotopic (exact) mass is 513 g/mol. The molecule has 1 heterocycles. The van der Waals surface area contributed by atoms with Crippen molar-refractivity contribution < 1.29 is 26.4 Å². The van der Waals surface area contributed by atoms with Gasteiger partial charge in [0, 0.05) is 22.4 Å². The van der Waals surface area contributed by atoms with Gasteiger partial charge >= 0.3 is 0 Å². The molecule has 2 N–H and O–H groups in total. The van der Waals surface area contributed by atoms with E-state index in [1.165, 1.54) is 48.5 Å². The molecule has 0 bridgehead atoms. The smallest absolute Gasteiger partial charge is 0.266 e. The van der Waals surface area contributed by atoms with Crippen molar-refractivity contribution in [3.8, 4) is 0 Å². The first-order chi connectivity index (χ1) is 15.0. The number of hydrogen-bond acceptors (Lipinski definition) is 7. The highest BCUT2D eigenvalue weighted by Crippen LogP contribution is 2.16. The Balaban J connectivity index is 1.78. The molecule has 0 aliphatic carbocycles. The van der Waals surface area contributed by atoms with Crippen LogP contribution < -0.4 is 9.44 Å². The lowest BCUT2D eigenvalue weighted by Crippen LogP contribution is -2.32. The molecule has 166 valence electrons. The predicted octanol–water partition coefficient (Wildman–Crippen LogP) is 2.63. The molecule has 32 heavy (non-hydrogen) atoms. The number of sulfonamides is 2. The van der Waals surface area contributed by atoms with Gasteiger partial charge in [0.25, 0.3) is 31.9 Å². The van der Waals surface area contributed by atoms with Gasteiger partial charge in [-0.3, -0.25) is 14.6 Å². The van der Waals surface area contributed by atoms with Crippen LogP contribution in [0.2, 0.25) is 10.0 Å². The van der Waals surface area contributed by atoms with Crippen molar-refractivity contribution in [1.29, 1.82) is 0 Å². The second-order valence-electron chi connectivity index (χ2n) is 6.24. The number of pyridine rings is 1. The summed E-state index contributed by atoms with van der Waals surface area (Å²) in [6.45, 7) is 0. The summed E-state index contributed by atoms with van der Waals surface area (Å²) in [5, 5.41) is 0.624. The molecule has 3 aromatic rings. The molecule has 1 aromatic heterocycles. The maximum atomic E-state index is 12.4. The van der Waals surface area contributed by atoms with Gasteiger partial charge < -0.3 is 0 Å². The van der Waals surface area contributed by atoms with Crippen LogP contribution in [0.3, 0.4) is 0 Å². The topological polar surface area (TPSA) is 139 Å². The summed E-state index contributed by atoms with van der Waals surface area (Å²) in [5.41, 5.74) is -0.557. The molecule has 0 saturated carbocycles. The van der Waals surface area contributed by atoms with E-state index < -0.39 is 31.9 Å². The minimum Gasteiger partial charge on any atom is -0.268 e. The van der Waals surface area contributed by atoms with Crippen LogP contribution in [0.1, 0.15) is 20.7 Å². The molecule has 0 aliphatic heterocycles. The van der Waals surface area contributed by atoms with Gasteiger partial charge in [-0.15, -0.1) is 0 Å². The van der Waals surface area contributed by atoms with E-state index in [1.807, 2.05) is 9.44 Å². The van der Waals surface area contributed by atoms with Crippen LogP contribution in [0.25, 0.3) is 0 Å². The Labute approximate surface area is 193 Å². The molecule has 0 saturated heterocycles. The average Bonchev–Trinajstić information content (AvgIpc) is 2.74. The standard InChI is InChI=1S/C19H13Cl2N3O6S2/c20-14-1-5-16(6-2-14)31(27,28)23-18(25)12-9-13(11-22-10-12)19(26)24-32(29,30)17-7-3-15(21)4-8-17/h1-11H,(H,23,25)(H,24,26). The molecule has 2 aromatic carbocycles. The number of amides is 2. The van der Waals surface area contributed by atoms with E-state index in [0.717, 1.165) is 18.5 Å². The molecule has 0 atom stereocenters. The maximum Gasteiger partial charge on any atom is 0.266 e. The molecule has 3 rings (SSSR count). The predicted molar refractivity (Wildman–Crippen MR) is 116 cm³/mol. The summed E-state index contributed by atoms with van der Waals surface area (Å²) in [5.74, 6) is -2.13. The van der Waals surface area contributed by atoms with Gasteiger partial charge in [-0.25, -0.2) is 26.3 Å². The molecule has 13 heteroatoms. The van der Waals surface area contributed by atoms with Crippen molar-refractivity contribution in [3.05, 3.63) is 88.2 Å². The van der Waals surface area contributed by atoms with E-state index in [4.69, 9.17) is 23.2 Å². The van der Waals surface area contributed by atoms with Crippen LogP contribution in [0.4, 0.5) is 0 Å². The zero-order chi connectivity index (χ0) is 23.5. The van der Waals surface area contributed by atoms with Gasteiger partial charge in [-0.05, 0) is 54.6 Å². The van der Waals surface area contributed by atoms with Gasteiger partial charge in [0.05, 0.1) is 20.9 Å². The quantitative estimate of drug-likeness (QED) is 0.516. The Morgan fingerprint density at radius 2 is 1.00 bits per heavy atom. The van der Waals surface area contributed by atoms with Crippen molar-refractivity contribution in [1.82, 2.24) is 14.4 Å². The molecule has 2 amide bonds. The summed E-state index contributed by atoms with van der Waals surface area (Å²) >= 11 is 11.5. The molecule has 9 nitrogen and oxygen atoms in total. The summed E-state index contributed by atoms with van der Waals surface area (Å²) in [4.78, 5) is 28.1. The Kier molecular flexibility index (Phi) is 6.84. The highest BCUT2D eigenvalue weighted by atomic mass is 35.5. The molecule has 0 spiro atoms. The summed E-state index contributed by atoms with van der Waals surface area (Å²) in [7, 11) is -8.44. The Hall–Kier alpha value is -2.99. The number of rotatable bonds is 6. The molecule has 0 fully saturated rings. The largest absolute Gasteiger partial charge is 0.268 e. The molecular formula is C19H13Cl2N3O6S2. The van der Waals surface area contributed by atoms with Crippen molar-refractivity contribution in [2.45, 2.75) is 9.79 Å². The summed E-state index contributed by atoms with van der Waals surface area (Å²) in [6, 6.07) is 11.2.